The topological polar surface area (TPSA) is 42.0 Å². The normalized spacial score (nSPS) is 29.3. The first-order chi connectivity index (χ1) is 10.7. The Balaban J connectivity index is 1.66. The number of nitrogens with zero attached hydrogens (tertiary/aromatic N) is 2. The van der Waals surface area contributed by atoms with Gasteiger partial charge < -0.3 is 19.3 Å². The van der Waals surface area contributed by atoms with Crippen LogP contribution in [0.3, 0.4) is 0 Å². The minimum Gasteiger partial charge on any atom is -0.384 e. The molecule has 2 heterocycles. The van der Waals surface area contributed by atoms with E-state index in [0.717, 1.165) is 38.5 Å². The zero-order valence-corrected chi connectivity index (χ0v) is 14.1. The first-order valence-electron chi connectivity index (χ1n) is 8.71. The van der Waals surface area contributed by atoms with Crippen LogP contribution in [0.1, 0.15) is 32.1 Å². The fourth-order valence-electron chi connectivity index (χ4n) is 4.45. The van der Waals surface area contributed by atoms with Crippen LogP contribution < -0.4 is 0 Å². The smallest absolute Gasteiger partial charge is 0.228 e. The van der Waals surface area contributed by atoms with Gasteiger partial charge in [-0.25, -0.2) is 0 Å². The zero-order valence-electron chi connectivity index (χ0n) is 14.1. The fourth-order valence-corrected chi connectivity index (χ4v) is 4.45. The van der Waals surface area contributed by atoms with E-state index in [-0.39, 0.29) is 17.2 Å². The molecule has 2 aliphatic heterocycles. The summed E-state index contributed by atoms with van der Waals surface area (Å²) in [4.78, 5) is 17.4. The van der Waals surface area contributed by atoms with Gasteiger partial charge in [-0.3, -0.25) is 4.79 Å². The molecule has 3 rings (SSSR count). The number of hydrogen-bond donors (Lipinski definition) is 0. The van der Waals surface area contributed by atoms with Crippen LogP contribution in [0.15, 0.2) is 0 Å². The van der Waals surface area contributed by atoms with Crippen molar-refractivity contribution in [2.45, 2.75) is 38.1 Å². The standard InChI is InChI=1S/C17H30N2O3/c1-21-11-10-19-13-17(15(12-22-2)16(19)20)6-8-18(9-7-17)14-4-3-5-14/h14-15H,3-13H2,1-2H3. The molecule has 126 valence electrons. The number of ether oxygens (including phenoxy) is 2. The minimum absolute atomic E-state index is 0.0397. The van der Waals surface area contributed by atoms with E-state index in [1.54, 1.807) is 14.2 Å². The monoisotopic (exact) mass is 310 g/mol. The first kappa shape index (κ1) is 16.2. The molecule has 1 atom stereocenters. The molecule has 0 aromatic carbocycles. The number of piperidine rings is 1. The van der Waals surface area contributed by atoms with Gasteiger partial charge in [0.2, 0.25) is 5.91 Å². The van der Waals surface area contributed by atoms with Gasteiger partial charge in [0.05, 0.1) is 19.1 Å². The van der Waals surface area contributed by atoms with Gasteiger partial charge >= 0.3 is 0 Å². The number of likely N-dealkylation sites (tertiary alicyclic amines) is 2. The number of hydrogen-bond acceptors (Lipinski definition) is 4. The van der Waals surface area contributed by atoms with Crippen LogP contribution in [0.5, 0.6) is 0 Å². The van der Waals surface area contributed by atoms with Gasteiger partial charge in [-0.2, -0.15) is 0 Å². The summed E-state index contributed by atoms with van der Waals surface area (Å²) in [6.07, 6.45) is 6.39. The summed E-state index contributed by atoms with van der Waals surface area (Å²) in [5, 5.41) is 0. The fraction of sp³-hybridized carbons (Fsp3) is 0.941. The van der Waals surface area contributed by atoms with Gasteiger partial charge in [-0.1, -0.05) is 6.42 Å². The Morgan fingerprint density at radius 1 is 1.18 bits per heavy atom. The number of carbonyl (C=O) groups excluding carboxylic acids is 1. The highest BCUT2D eigenvalue weighted by atomic mass is 16.5. The largest absolute Gasteiger partial charge is 0.384 e. The maximum Gasteiger partial charge on any atom is 0.228 e. The second-order valence-corrected chi connectivity index (χ2v) is 7.24. The van der Waals surface area contributed by atoms with E-state index in [9.17, 15) is 4.79 Å². The van der Waals surface area contributed by atoms with Crippen LogP contribution in [0.25, 0.3) is 0 Å². The first-order valence-corrected chi connectivity index (χ1v) is 8.71. The van der Waals surface area contributed by atoms with Crippen LogP contribution in [0.4, 0.5) is 0 Å². The average molecular weight is 310 g/mol. The van der Waals surface area contributed by atoms with Crippen molar-refractivity contribution in [3.63, 3.8) is 0 Å². The zero-order chi connectivity index (χ0) is 15.6. The summed E-state index contributed by atoms with van der Waals surface area (Å²) in [6.45, 7) is 5.08. The molecule has 22 heavy (non-hydrogen) atoms. The van der Waals surface area contributed by atoms with Crippen molar-refractivity contribution in [2.75, 3.05) is 53.6 Å². The number of methoxy groups -OCH3 is 2. The molecule has 1 amide bonds. The van der Waals surface area contributed by atoms with E-state index >= 15 is 0 Å². The Morgan fingerprint density at radius 2 is 1.91 bits per heavy atom. The summed E-state index contributed by atoms with van der Waals surface area (Å²) >= 11 is 0. The molecule has 0 aromatic rings. The molecule has 0 N–H and O–H groups in total. The Hall–Kier alpha value is -0.650. The molecule has 1 unspecified atom stereocenters. The average Bonchev–Trinajstić information content (AvgIpc) is 2.72. The van der Waals surface area contributed by atoms with Gasteiger partial charge in [-0.05, 0) is 38.8 Å². The maximum atomic E-state index is 12.7. The van der Waals surface area contributed by atoms with Gasteiger partial charge in [0.15, 0.2) is 0 Å². The molecule has 0 aromatic heterocycles. The van der Waals surface area contributed by atoms with Crippen LogP contribution in [0, 0.1) is 11.3 Å². The third-order valence-corrected chi connectivity index (χ3v) is 6.14. The van der Waals surface area contributed by atoms with E-state index in [1.165, 1.54) is 19.3 Å². The number of amides is 1. The summed E-state index contributed by atoms with van der Waals surface area (Å²) in [5.41, 5.74) is 0.126. The molecule has 5 nitrogen and oxygen atoms in total. The molecular formula is C17H30N2O3. The van der Waals surface area contributed by atoms with E-state index in [1.807, 2.05) is 4.90 Å². The van der Waals surface area contributed by atoms with Crippen LogP contribution in [0.2, 0.25) is 0 Å². The lowest BCUT2D eigenvalue weighted by Crippen LogP contribution is -2.50. The van der Waals surface area contributed by atoms with Crippen LogP contribution in [-0.2, 0) is 14.3 Å². The summed E-state index contributed by atoms with van der Waals surface area (Å²) in [7, 11) is 3.41. The molecular weight excluding hydrogens is 280 g/mol. The van der Waals surface area contributed by atoms with Crippen LogP contribution >= 0.6 is 0 Å². The molecule has 0 bridgehead atoms. The molecule has 1 aliphatic carbocycles. The highest BCUT2D eigenvalue weighted by Crippen LogP contribution is 2.46. The summed E-state index contributed by atoms with van der Waals surface area (Å²) in [5.74, 6) is 0.314. The lowest BCUT2D eigenvalue weighted by Gasteiger charge is -2.46. The second kappa shape index (κ2) is 6.85. The van der Waals surface area contributed by atoms with Gasteiger partial charge in [0, 0.05) is 38.8 Å². The second-order valence-electron chi connectivity index (χ2n) is 7.24. The Bertz CT molecular complexity index is 389. The SMILES string of the molecule is COCCN1CC2(CCN(C3CCC3)CC2)C(COC)C1=O. The van der Waals surface area contributed by atoms with E-state index in [4.69, 9.17) is 9.47 Å². The highest BCUT2D eigenvalue weighted by Gasteiger charge is 2.53. The number of rotatable bonds is 6. The lowest BCUT2D eigenvalue weighted by atomic mass is 9.70. The van der Waals surface area contributed by atoms with E-state index < -0.39 is 0 Å². The Labute approximate surface area is 133 Å². The van der Waals surface area contributed by atoms with E-state index in [2.05, 4.69) is 4.90 Å². The van der Waals surface area contributed by atoms with Crippen LogP contribution in [-0.4, -0.2) is 75.4 Å². The lowest BCUT2D eigenvalue weighted by molar-refractivity contribution is -0.134. The summed E-state index contributed by atoms with van der Waals surface area (Å²) in [6, 6.07) is 0.819. The van der Waals surface area contributed by atoms with Crippen molar-refractivity contribution in [1.82, 2.24) is 9.80 Å². The van der Waals surface area contributed by atoms with Crippen molar-refractivity contribution in [2.24, 2.45) is 11.3 Å². The van der Waals surface area contributed by atoms with Crippen molar-refractivity contribution in [1.29, 1.82) is 0 Å². The predicted octanol–water partition coefficient (Wildman–Crippen LogP) is 1.37. The molecule has 3 fully saturated rings. The van der Waals surface area contributed by atoms with Gasteiger partial charge in [-0.15, -0.1) is 0 Å². The Morgan fingerprint density at radius 3 is 2.45 bits per heavy atom. The highest BCUT2D eigenvalue weighted by molar-refractivity contribution is 5.82. The van der Waals surface area contributed by atoms with E-state index in [0.29, 0.717) is 19.8 Å². The van der Waals surface area contributed by atoms with Crippen molar-refractivity contribution >= 4 is 5.91 Å². The molecule has 3 aliphatic rings. The maximum absolute atomic E-state index is 12.7. The molecule has 2 saturated heterocycles. The molecule has 5 heteroatoms. The third-order valence-electron chi connectivity index (χ3n) is 6.14. The predicted molar refractivity (Wildman–Crippen MR) is 84.7 cm³/mol. The van der Waals surface area contributed by atoms with Gasteiger partial charge in [0.25, 0.3) is 0 Å². The molecule has 1 saturated carbocycles. The number of carbonyl (C=O) groups is 1. The van der Waals surface area contributed by atoms with Crippen molar-refractivity contribution < 1.29 is 14.3 Å². The third kappa shape index (κ3) is 2.91. The molecule has 1 spiro atoms. The minimum atomic E-state index is 0.0397. The van der Waals surface area contributed by atoms with Gasteiger partial charge in [0.1, 0.15) is 0 Å². The Kier molecular flexibility index (Phi) is 5.05. The van der Waals surface area contributed by atoms with Crippen molar-refractivity contribution in [3.05, 3.63) is 0 Å². The summed E-state index contributed by atoms with van der Waals surface area (Å²) < 4.78 is 10.6. The molecule has 0 radical (unpaired) electrons. The quantitative estimate of drug-likeness (QED) is 0.743. The van der Waals surface area contributed by atoms with Crippen molar-refractivity contribution in [3.8, 4) is 0 Å².